The Bertz CT molecular complexity index is 979. The molecule has 4 heterocycles. The summed E-state index contributed by atoms with van der Waals surface area (Å²) < 4.78 is 44.9. The van der Waals surface area contributed by atoms with E-state index in [9.17, 15) is 13.2 Å². The molecule has 0 aromatic carbocycles. The molecule has 4 rings (SSSR count). The summed E-state index contributed by atoms with van der Waals surface area (Å²) in [4.78, 5) is 11.7. The van der Waals surface area contributed by atoms with Crippen molar-refractivity contribution in [1.29, 1.82) is 0 Å². The molecular weight excluding hydrogens is 373 g/mol. The molecule has 0 bridgehead atoms. The van der Waals surface area contributed by atoms with E-state index in [1.807, 2.05) is 13.8 Å². The van der Waals surface area contributed by atoms with Gasteiger partial charge in [0.25, 0.3) is 0 Å². The van der Waals surface area contributed by atoms with Crippen molar-refractivity contribution >= 4 is 16.7 Å². The van der Waals surface area contributed by atoms with Crippen molar-refractivity contribution in [1.82, 2.24) is 25.1 Å². The average Bonchev–Trinajstić information content (AvgIpc) is 3.05. The molecule has 1 aliphatic heterocycles. The van der Waals surface area contributed by atoms with Crippen LogP contribution in [0.3, 0.4) is 0 Å². The van der Waals surface area contributed by atoms with E-state index in [1.165, 1.54) is 0 Å². The van der Waals surface area contributed by atoms with Gasteiger partial charge in [0.2, 0.25) is 0 Å². The number of halogens is 3. The van der Waals surface area contributed by atoms with Gasteiger partial charge in [-0.15, -0.1) is 0 Å². The van der Waals surface area contributed by atoms with E-state index in [2.05, 4.69) is 30.5 Å². The van der Waals surface area contributed by atoms with Gasteiger partial charge in [0.1, 0.15) is 23.5 Å². The van der Waals surface area contributed by atoms with Crippen LogP contribution in [0, 0.1) is 0 Å². The molecular formula is C18H19F3N6O. The van der Waals surface area contributed by atoms with Crippen LogP contribution in [-0.2, 0) is 10.9 Å². The smallest absolute Gasteiger partial charge is 0.375 e. The fraction of sp³-hybridized carbons (Fsp3) is 0.444. The number of fused-ring (bicyclic) bond motifs is 1. The Morgan fingerprint density at radius 1 is 1.14 bits per heavy atom. The molecule has 1 aliphatic rings. The fourth-order valence-electron chi connectivity index (χ4n) is 3.62. The lowest BCUT2D eigenvalue weighted by atomic mass is 9.99. The third-order valence-electron chi connectivity index (χ3n) is 4.71. The van der Waals surface area contributed by atoms with Crippen LogP contribution in [0.4, 0.5) is 19.0 Å². The van der Waals surface area contributed by atoms with Crippen molar-refractivity contribution in [2.45, 2.75) is 51.1 Å². The molecule has 0 saturated carbocycles. The van der Waals surface area contributed by atoms with Crippen molar-refractivity contribution in [2.24, 2.45) is 0 Å². The van der Waals surface area contributed by atoms with E-state index >= 15 is 0 Å². The Morgan fingerprint density at radius 2 is 1.89 bits per heavy atom. The van der Waals surface area contributed by atoms with Gasteiger partial charge in [-0.3, -0.25) is 5.10 Å². The highest BCUT2D eigenvalue weighted by molar-refractivity contribution is 5.99. The number of nitrogens with one attached hydrogen (secondary N) is 2. The van der Waals surface area contributed by atoms with Crippen molar-refractivity contribution in [3.8, 4) is 11.4 Å². The topological polar surface area (TPSA) is 88.6 Å². The van der Waals surface area contributed by atoms with E-state index in [4.69, 9.17) is 4.74 Å². The minimum absolute atomic E-state index is 0.0818. The highest BCUT2D eigenvalue weighted by atomic mass is 19.4. The van der Waals surface area contributed by atoms with Crippen LogP contribution in [-0.4, -0.2) is 43.4 Å². The van der Waals surface area contributed by atoms with E-state index in [0.717, 1.165) is 25.2 Å². The maximum atomic E-state index is 13.0. The van der Waals surface area contributed by atoms with Crippen LogP contribution in [0.25, 0.3) is 22.3 Å². The first-order valence-corrected chi connectivity index (χ1v) is 8.96. The molecule has 3 aromatic rings. The monoisotopic (exact) mass is 392 g/mol. The molecule has 28 heavy (non-hydrogen) atoms. The van der Waals surface area contributed by atoms with E-state index < -0.39 is 11.9 Å². The minimum Gasteiger partial charge on any atom is -0.375 e. The second-order valence-corrected chi connectivity index (χ2v) is 7.01. The van der Waals surface area contributed by atoms with Crippen LogP contribution in [0.15, 0.2) is 24.7 Å². The van der Waals surface area contributed by atoms with Crippen molar-refractivity contribution in [2.75, 3.05) is 5.32 Å². The predicted molar refractivity (Wildman–Crippen MR) is 96.6 cm³/mol. The summed E-state index contributed by atoms with van der Waals surface area (Å²) in [7, 11) is 0. The molecule has 2 atom stereocenters. The highest BCUT2D eigenvalue weighted by Gasteiger charge is 2.33. The van der Waals surface area contributed by atoms with Crippen LogP contribution < -0.4 is 5.32 Å². The Balaban J connectivity index is 1.74. The fourth-order valence-corrected chi connectivity index (χ4v) is 3.62. The van der Waals surface area contributed by atoms with Gasteiger partial charge in [-0.1, -0.05) is 0 Å². The van der Waals surface area contributed by atoms with E-state index in [1.54, 1.807) is 12.3 Å². The lowest BCUT2D eigenvalue weighted by Gasteiger charge is -2.32. The van der Waals surface area contributed by atoms with Crippen molar-refractivity contribution < 1.29 is 17.9 Å². The summed E-state index contributed by atoms with van der Waals surface area (Å²) in [5.41, 5.74) is 0.0250. The first-order chi connectivity index (χ1) is 13.3. The molecule has 2 N–H and O–H groups in total. The molecule has 148 valence electrons. The van der Waals surface area contributed by atoms with Gasteiger partial charge >= 0.3 is 6.18 Å². The molecule has 1 fully saturated rings. The predicted octanol–water partition coefficient (Wildman–Crippen LogP) is 3.80. The maximum Gasteiger partial charge on any atom is 0.433 e. The number of nitrogens with zero attached hydrogens (tertiary/aromatic N) is 4. The van der Waals surface area contributed by atoms with Crippen LogP contribution in [0.5, 0.6) is 0 Å². The molecule has 1 saturated heterocycles. The molecule has 7 nitrogen and oxygen atoms in total. The van der Waals surface area contributed by atoms with Gasteiger partial charge < -0.3 is 10.1 Å². The second kappa shape index (κ2) is 7.01. The first-order valence-electron chi connectivity index (χ1n) is 8.96. The second-order valence-electron chi connectivity index (χ2n) is 7.01. The number of rotatable bonds is 3. The van der Waals surface area contributed by atoms with Crippen LogP contribution >= 0.6 is 0 Å². The zero-order valence-electron chi connectivity index (χ0n) is 15.3. The Labute approximate surface area is 158 Å². The third-order valence-corrected chi connectivity index (χ3v) is 4.71. The summed E-state index contributed by atoms with van der Waals surface area (Å²) in [5.74, 6) is 0.555. The largest absolute Gasteiger partial charge is 0.433 e. The van der Waals surface area contributed by atoms with Gasteiger partial charge in [0, 0.05) is 12.2 Å². The summed E-state index contributed by atoms with van der Waals surface area (Å²) in [6.07, 6.45) is -0.203. The van der Waals surface area contributed by atoms with Crippen LogP contribution in [0.1, 0.15) is 32.4 Å². The van der Waals surface area contributed by atoms with Gasteiger partial charge in [0.15, 0.2) is 0 Å². The Hall–Kier alpha value is -2.75. The number of aromatic amines is 1. The zero-order chi connectivity index (χ0) is 19.9. The summed E-state index contributed by atoms with van der Waals surface area (Å²) in [6.45, 7) is 4.03. The molecule has 0 spiro atoms. The summed E-state index contributed by atoms with van der Waals surface area (Å²) in [5, 5.41) is 11.0. The third kappa shape index (κ3) is 3.64. The number of anilines is 1. The number of aromatic nitrogens is 5. The normalized spacial score (nSPS) is 23.1. The standard InChI is InChI=1S/C18H19F3N6O/c1-9-5-11(6-10(2)28-9)25-17-15-12(3-4-22-17)26-27-16(15)13-7-14(18(19,20)21)24-8-23-13/h3-4,7-11H,5-6H2,1-2H3,(H,22,25)(H,26,27). The maximum absolute atomic E-state index is 13.0. The van der Waals surface area contributed by atoms with Gasteiger partial charge in [-0.05, 0) is 38.8 Å². The quantitative estimate of drug-likeness (QED) is 0.705. The molecule has 0 radical (unpaired) electrons. The number of pyridine rings is 1. The lowest BCUT2D eigenvalue weighted by molar-refractivity contribution is -0.141. The van der Waals surface area contributed by atoms with Crippen LogP contribution in [0.2, 0.25) is 0 Å². The minimum atomic E-state index is -4.56. The van der Waals surface area contributed by atoms with Gasteiger partial charge in [-0.25, -0.2) is 15.0 Å². The van der Waals surface area contributed by atoms with E-state index in [-0.39, 0.29) is 23.9 Å². The number of H-pyrrole nitrogens is 1. The SMILES string of the molecule is CC1CC(Nc2nccc3[nH]nc(-c4cc(C(F)(F)F)ncn4)c23)CC(C)O1. The molecule has 0 aliphatic carbocycles. The van der Waals surface area contributed by atoms with Gasteiger partial charge in [0.05, 0.1) is 28.8 Å². The number of hydrogen-bond acceptors (Lipinski definition) is 6. The van der Waals surface area contributed by atoms with Crippen molar-refractivity contribution in [3.63, 3.8) is 0 Å². The number of alkyl halides is 3. The number of hydrogen-bond donors (Lipinski definition) is 2. The van der Waals surface area contributed by atoms with Gasteiger partial charge in [-0.2, -0.15) is 18.3 Å². The Morgan fingerprint density at radius 3 is 2.61 bits per heavy atom. The summed E-state index contributed by atoms with van der Waals surface area (Å²) >= 11 is 0. The Kier molecular flexibility index (Phi) is 4.66. The van der Waals surface area contributed by atoms with Crippen molar-refractivity contribution in [3.05, 3.63) is 30.4 Å². The zero-order valence-corrected chi connectivity index (χ0v) is 15.3. The molecule has 10 heteroatoms. The highest BCUT2D eigenvalue weighted by Crippen LogP contribution is 2.34. The molecule has 2 unspecified atom stereocenters. The molecule has 3 aromatic heterocycles. The number of ether oxygens (including phenoxy) is 1. The summed E-state index contributed by atoms with van der Waals surface area (Å²) in [6, 6.07) is 2.75. The van der Waals surface area contributed by atoms with E-state index in [0.29, 0.717) is 22.4 Å². The average molecular weight is 392 g/mol. The molecule has 0 amide bonds. The first kappa shape index (κ1) is 18.6. The lowest BCUT2D eigenvalue weighted by Crippen LogP contribution is -2.37.